The molecule has 0 aliphatic heterocycles. The fourth-order valence-electron chi connectivity index (χ4n) is 1.51. The Labute approximate surface area is 111 Å². The van der Waals surface area contributed by atoms with E-state index in [1.807, 2.05) is 7.05 Å². The minimum Gasteiger partial charge on any atom is -0.379 e. The van der Waals surface area contributed by atoms with Crippen molar-refractivity contribution in [2.75, 3.05) is 26.8 Å². The van der Waals surface area contributed by atoms with E-state index in [-0.39, 0.29) is 17.4 Å². The van der Waals surface area contributed by atoms with Crippen molar-refractivity contribution >= 4 is 5.91 Å². The van der Waals surface area contributed by atoms with Crippen LogP contribution in [0.3, 0.4) is 0 Å². The van der Waals surface area contributed by atoms with E-state index in [9.17, 15) is 4.79 Å². The first-order chi connectivity index (χ1) is 8.30. The molecule has 0 aromatic carbocycles. The molecule has 106 valence electrons. The summed E-state index contributed by atoms with van der Waals surface area (Å²) >= 11 is 0. The molecule has 0 saturated heterocycles. The molecule has 1 unspecified atom stereocenters. The Balaban J connectivity index is 2.14. The highest BCUT2D eigenvalue weighted by Gasteiger charge is 2.24. The number of nitrogens with zero attached hydrogens (tertiary/aromatic N) is 1. The van der Waals surface area contributed by atoms with E-state index in [1.54, 1.807) is 4.90 Å². The number of hydrogen-bond donors (Lipinski definition) is 1. The Kier molecular flexibility index (Phi) is 5.60. The molecule has 1 fully saturated rings. The standard InChI is InChI=1S/C14H28N2O2/c1-14(2,3)12(15)9-13(17)16(4)7-8-18-10-11-5-6-11/h11-12H,5-10,15H2,1-4H3. The smallest absolute Gasteiger partial charge is 0.223 e. The molecule has 1 saturated carbocycles. The molecule has 1 aliphatic rings. The number of hydrogen-bond acceptors (Lipinski definition) is 3. The predicted molar refractivity (Wildman–Crippen MR) is 73.2 cm³/mol. The minimum atomic E-state index is -0.0974. The van der Waals surface area contributed by atoms with Crippen molar-refractivity contribution in [2.24, 2.45) is 17.1 Å². The molecular weight excluding hydrogens is 228 g/mol. The van der Waals surface area contributed by atoms with Gasteiger partial charge in [-0.25, -0.2) is 0 Å². The molecule has 0 bridgehead atoms. The Morgan fingerprint density at radius 3 is 2.56 bits per heavy atom. The minimum absolute atomic E-state index is 0.0288. The summed E-state index contributed by atoms with van der Waals surface area (Å²) in [7, 11) is 1.82. The van der Waals surface area contributed by atoms with Gasteiger partial charge in [-0.3, -0.25) is 4.79 Å². The topological polar surface area (TPSA) is 55.6 Å². The first-order valence-corrected chi connectivity index (χ1v) is 6.88. The highest BCUT2D eigenvalue weighted by atomic mass is 16.5. The molecule has 1 rings (SSSR count). The van der Waals surface area contributed by atoms with Crippen molar-refractivity contribution in [1.82, 2.24) is 4.90 Å². The molecule has 2 N–H and O–H groups in total. The zero-order chi connectivity index (χ0) is 13.8. The van der Waals surface area contributed by atoms with Crippen molar-refractivity contribution in [3.63, 3.8) is 0 Å². The second-order valence-electron chi connectivity index (χ2n) is 6.51. The zero-order valence-electron chi connectivity index (χ0n) is 12.2. The van der Waals surface area contributed by atoms with Crippen LogP contribution in [0.5, 0.6) is 0 Å². The molecule has 4 nitrogen and oxygen atoms in total. The van der Waals surface area contributed by atoms with Crippen LogP contribution in [0.4, 0.5) is 0 Å². The van der Waals surface area contributed by atoms with Crippen LogP contribution in [0.1, 0.15) is 40.0 Å². The maximum atomic E-state index is 11.9. The number of likely N-dealkylation sites (N-methyl/N-ethyl adjacent to an activating group) is 1. The predicted octanol–water partition coefficient (Wildman–Crippen LogP) is 1.63. The molecule has 0 heterocycles. The fourth-order valence-corrected chi connectivity index (χ4v) is 1.51. The number of ether oxygens (including phenoxy) is 1. The Bertz CT molecular complexity index is 269. The second-order valence-corrected chi connectivity index (χ2v) is 6.51. The third kappa shape index (κ3) is 5.83. The lowest BCUT2D eigenvalue weighted by atomic mass is 9.85. The van der Waals surface area contributed by atoms with Crippen LogP contribution >= 0.6 is 0 Å². The van der Waals surface area contributed by atoms with Gasteiger partial charge in [0.05, 0.1) is 6.61 Å². The molecular formula is C14H28N2O2. The Morgan fingerprint density at radius 1 is 1.44 bits per heavy atom. The summed E-state index contributed by atoms with van der Waals surface area (Å²) in [4.78, 5) is 13.7. The number of nitrogens with two attached hydrogens (primary N) is 1. The van der Waals surface area contributed by atoms with Crippen LogP contribution in [0, 0.1) is 11.3 Å². The van der Waals surface area contributed by atoms with Crippen molar-refractivity contribution in [3.05, 3.63) is 0 Å². The average molecular weight is 256 g/mol. The van der Waals surface area contributed by atoms with Gasteiger partial charge < -0.3 is 15.4 Å². The van der Waals surface area contributed by atoms with Crippen molar-refractivity contribution in [3.8, 4) is 0 Å². The summed E-state index contributed by atoms with van der Waals surface area (Å²) in [6, 6.07) is -0.0974. The van der Waals surface area contributed by atoms with Crippen LogP contribution in [0.15, 0.2) is 0 Å². The largest absolute Gasteiger partial charge is 0.379 e. The molecule has 1 aliphatic carbocycles. The molecule has 0 spiro atoms. The molecule has 4 heteroatoms. The van der Waals surface area contributed by atoms with E-state index in [1.165, 1.54) is 12.8 Å². The SMILES string of the molecule is CN(CCOCC1CC1)C(=O)CC(N)C(C)(C)C. The van der Waals surface area contributed by atoms with E-state index in [0.717, 1.165) is 12.5 Å². The number of amides is 1. The third-order valence-electron chi connectivity index (χ3n) is 3.55. The number of rotatable bonds is 7. The third-order valence-corrected chi connectivity index (χ3v) is 3.55. The highest BCUT2D eigenvalue weighted by molar-refractivity contribution is 5.76. The van der Waals surface area contributed by atoms with Crippen LogP contribution < -0.4 is 5.73 Å². The van der Waals surface area contributed by atoms with Crippen LogP contribution in [0.2, 0.25) is 0 Å². The lowest BCUT2D eigenvalue weighted by molar-refractivity contribution is -0.131. The first kappa shape index (κ1) is 15.4. The molecule has 0 aromatic heterocycles. The molecule has 0 aromatic rings. The van der Waals surface area contributed by atoms with Crippen LogP contribution in [-0.2, 0) is 9.53 Å². The summed E-state index contributed by atoms with van der Waals surface area (Å²) in [6.07, 6.45) is 3.01. The summed E-state index contributed by atoms with van der Waals surface area (Å²) in [6.45, 7) is 8.31. The van der Waals surface area contributed by atoms with Crippen molar-refractivity contribution in [2.45, 2.75) is 46.1 Å². The van der Waals surface area contributed by atoms with Gasteiger partial charge >= 0.3 is 0 Å². The zero-order valence-corrected chi connectivity index (χ0v) is 12.2. The fraction of sp³-hybridized carbons (Fsp3) is 0.929. The quantitative estimate of drug-likeness (QED) is 0.704. The van der Waals surface area contributed by atoms with Crippen LogP contribution in [0.25, 0.3) is 0 Å². The molecule has 1 atom stereocenters. The van der Waals surface area contributed by atoms with Gasteiger partial charge in [-0.05, 0) is 24.2 Å². The van der Waals surface area contributed by atoms with E-state index in [2.05, 4.69) is 20.8 Å². The first-order valence-electron chi connectivity index (χ1n) is 6.88. The second kappa shape index (κ2) is 6.53. The van der Waals surface area contributed by atoms with Gasteiger partial charge in [-0.15, -0.1) is 0 Å². The van der Waals surface area contributed by atoms with Gasteiger partial charge in [0.15, 0.2) is 0 Å². The van der Waals surface area contributed by atoms with Crippen LogP contribution in [-0.4, -0.2) is 43.7 Å². The van der Waals surface area contributed by atoms with Gasteiger partial charge in [-0.2, -0.15) is 0 Å². The summed E-state index contributed by atoms with van der Waals surface area (Å²) in [5.74, 6) is 0.882. The lowest BCUT2D eigenvalue weighted by Crippen LogP contribution is -2.41. The van der Waals surface area contributed by atoms with Crippen molar-refractivity contribution < 1.29 is 9.53 Å². The molecule has 1 amide bonds. The number of carbonyl (C=O) groups is 1. The van der Waals surface area contributed by atoms with E-state index < -0.39 is 0 Å². The molecule has 18 heavy (non-hydrogen) atoms. The Hall–Kier alpha value is -0.610. The maximum absolute atomic E-state index is 11.9. The van der Waals surface area contributed by atoms with E-state index in [0.29, 0.717) is 19.6 Å². The van der Waals surface area contributed by atoms with Gasteiger partial charge in [0.2, 0.25) is 5.91 Å². The monoisotopic (exact) mass is 256 g/mol. The Morgan fingerprint density at radius 2 is 2.06 bits per heavy atom. The molecule has 0 radical (unpaired) electrons. The average Bonchev–Trinajstić information content (AvgIpc) is 3.06. The highest BCUT2D eigenvalue weighted by Crippen LogP contribution is 2.28. The maximum Gasteiger partial charge on any atom is 0.223 e. The van der Waals surface area contributed by atoms with E-state index >= 15 is 0 Å². The number of carbonyl (C=O) groups excluding carboxylic acids is 1. The van der Waals surface area contributed by atoms with Gasteiger partial charge in [-0.1, -0.05) is 20.8 Å². The van der Waals surface area contributed by atoms with E-state index in [4.69, 9.17) is 10.5 Å². The van der Waals surface area contributed by atoms with Gasteiger partial charge in [0.25, 0.3) is 0 Å². The lowest BCUT2D eigenvalue weighted by Gasteiger charge is -2.28. The summed E-state index contributed by atoms with van der Waals surface area (Å²) < 4.78 is 5.53. The summed E-state index contributed by atoms with van der Waals surface area (Å²) in [5.41, 5.74) is 5.98. The van der Waals surface area contributed by atoms with Gasteiger partial charge in [0, 0.05) is 32.7 Å². The normalized spacial score (nSPS) is 17.6. The summed E-state index contributed by atoms with van der Waals surface area (Å²) in [5, 5.41) is 0. The van der Waals surface area contributed by atoms with Gasteiger partial charge in [0.1, 0.15) is 0 Å². The van der Waals surface area contributed by atoms with Crippen molar-refractivity contribution in [1.29, 1.82) is 0 Å².